The highest BCUT2D eigenvalue weighted by Gasteiger charge is 2.08. The molecule has 0 aliphatic heterocycles. The van der Waals surface area contributed by atoms with Crippen LogP contribution in [0.4, 0.5) is 10.1 Å². The van der Waals surface area contributed by atoms with Gasteiger partial charge in [0.25, 0.3) is 0 Å². The number of hydrogen-bond acceptors (Lipinski definition) is 4. The van der Waals surface area contributed by atoms with E-state index in [9.17, 15) is 17.6 Å². The molecule has 5 nitrogen and oxygen atoms in total. The van der Waals surface area contributed by atoms with Crippen LogP contribution in [0.3, 0.4) is 0 Å². The zero-order valence-electron chi connectivity index (χ0n) is 13.0. The molecule has 0 heterocycles. The molecule has 0 aliphatic rings. The van der Waals surface area contributed by atoms with Crippen molar-refractivity contribution in [1.82, 2.24) is 0 Å². The van der Waals surface area contributed by atoms with Crippen LogP contribution >= 0.6 is 27.7 Å². The lowest BCUT2D eigenvalue weighted by molar-refractivity contribution is -0.115. The SMILES string of the molecule is NS(=O)(=O)c1ccc(NC(=O)CCSCc2ccc(Br)cc2F)cc1. The van der Waals surface area contributed by atoms with E-state index >= 15 is 0 Å². The summed E-state index contributed by atoms with van der Waals surface area (Å²) in [5.41, 5.74) is 1.08. The minimum absolute atomic E-state index is 0.0161. The van der Waals surface area contributed by atoms with Crippen LogP contribution in [0.15, 0.2) is 51.8 Å². The Kier molecular flexibility index (Phi) is 7.00. The molecule has 0 atom stereocenters. The fourth-order valence-corrected chi connectivity index (χ4v) is 3.71. The van der Waals surface area contributed by atoms with Crippen LogP contribution in [0.2, 0.25) is 0 Å². The number of benzene rings is 2. The summed E-state index contributed by atoms with van der Waals surface area (Å²) in [5, 5.41) is 7.68. The lowest BCUT2D eigenvalue weighted by Crippen LogP contribution is -2.14. The maximum atomic E-state index is 13.7. The van der Waals surface area contributed by atoms with Crippen molar-refractivity contribution in [3.63, 3.8) is 0 Å². The van der Waals surface area contributed by atoms with Crippen molar-refractivity contribution in [2.75, 3.05) is 11.1 Å². The average molecular weight is 447 g/mol. The third-order valence-corrected chi connectivity index (χ3v) is 5.64. The summed E-state index contributed by atoms with van der Waals surface area (Å²) in [7, 11) is -3.75. The van der Waals surface area contributed by atoms with Crippen molar-refractivity contribution < 1.29 is 17.6 Å². The molecular formula is C16H16BrFN2O3S2. The number of nitrogens with two attached hydrogens (primary N) is 1. The van der Waals surface area contributed by atoms with Gasteiger partial charge >= 0.3 is 0 Å². The van der Waals surface area contributed by atoms with E-state index in [0.717, 1.165) is 0 Å². The predicted octanol–water partition coefficient (Wildman–Crippen LogP) is 3.50. The summed E-state index contributed by atoms with van der Waals surface area (Å²) in [6, 6.07) is 10.5. The molecule has 2 aromatic carbocycles. The summed E-state index contributed by atoms with van der Waals surface area (Å²) in [5.74, 6) is 0.542. The first-order chi connectivity index (χ1) is 11.8. The van der Waals surface area contributed by atoms with E-state index in [0.29, 0.717) is 27.2 Å². The van der Waals surface area contributed by atoms with Gasteiger partial charge in [-0.25, -0.2) is 17.9 Å². The fraction of sp³-hybridized carbons (Fsp3) is 0.188. The zero-order valence-corrected chi connectivity index (χ0v) is 16.3. The van der Waals surface area contributed by atoms with Crippen LogP contribution in [0.5, 0.6) is 0 Å². The Hall–Kier alpha value is -1.42. The number of nitrogens with one attached hydrogen (secondary N) is 1. The van der Waals surface area contributed by atoms with Gasteiger partial charge in [-0.15, -0.1) is 0 Å². The normalized spacial score (nSPS) is 11.3. The number of primary sulfonamides is 1. The highest BCUT2D eigenvalue weighted by Crippen LogP contribution is 2.20. The fourth-order valence-electron chi connectivity index (χ4n) is 1.94. The monoisotopic (exact) mass is 446 g/mol. The Labute approximate surface area is 158 Å². The van der Waals surface area contributed by atoms with E-state index in [1.807, 2.05) is 0 Å². The van der Waals surface area contributed by atoms with Crippen LogP contribution in [-0.2, 0) is 20.6 Å². The van der Waals surface area contributed by atoms with E-state index in [4.69, 9.17) is 5.14 Å². The van der Waals surface area contributed by atoms with Crippen molar-refractivity contribution >= 4 is 49.3 Å². The maximum absolute atomic E-state index is 13.7. The van der Waals surface area contributed by atoms with E-state index in [1.165, 1.54) is 42.1 Å². The van der Waals surface area contributed by atoms with Crippen molar-refractivity contribution in [3.05, 3.63) is 58.3 Å². The van der Waals surface area contributed by atoms with Gasteiger partial charge in [-0.3, -0.25) is 4.79 Å². The van der Waals surface area contributed by atoms with Crippen molar-refractivity contribution in [1.29, 1.82) is 0 Å². The Balaban J connectivity index is 1.77. The number of sulfonamides is 1. The number of rotatable bonds is 7. The number of carbonyl (C=O) groups excluding carboxylic acids is 1. The van der Waals surface area contributed by atoms with E-state index in [1.54, 1.807) is 12.1 Å². The van der Waals surface area contributed by atoms with Gasteiger partial charge in [0, 0.05) is 28.1 Å². The molecule has 0 bridgehead atoms. The Morgan fingerprint density at radius 2 is 1.88 bits per heavy atom. The van der Waals surface area contributed by atoms with Crippen LogP contribution in [0.25, 0.3) is 0 Å². The Bertz CT molecular complexity index is 858. The standard InChI is InChI=1S/C16H16BrFN2O3S2/c17-12-2-1-11(15(18)9-12)10-24-8-7-16(21)20-13-3-5-14(6-4-13)25(19,22)23/h1-6,9H,7-8,10H2,(H,20,21)(H2,19,22,23). The topological polar surface area (TPSA) is 89.3 Å². The largest absolute Gasteiger partial charge is 0.326 e. The van der Waals surface area contributed by atoms with Crippen molar-refractivity contribution in [2.45, 2.75) is 17.1 Å². The van der Waals surface area contributed by atoms with Gasteiger partial charge in [0.15, 0.2) is 0 Å². The van der Waals surface area contributed by atoms with Gasteiger partial charge in [-0.05, 0) is 42.0 Å². The molecule has 25 heavy (non-hydrogen) atoms. The number of hydrogen-bond donors (Lipinski definition) is 2. The number of carbonyl (C=O) groups is 1. The molecule has 134 valence electrons. The summed E-state index contributed by atoms with van der Waals surface area (Å²) in [6.07, 6.45) is 0.264. The molecule has 0 unspecified atom stereocenters. The first-order valence-corrected chi connectivity index (χ1v) is 10.7. The molecule has 2 rings (SSSR count). The number of anilines is 1. The Morgan fingerprint density at radius 3 is 2.48 bits per heavy atom. The first-order valence-electron chi connectivity index (χ1n) is 7.20. The zero-order chi connectivity index (χ0) is 18.4. The molecule has 0 aliphatic carbocycles. The molecule has 9 heteroatoms. The van der Waals surface area contributed by atoms with Crippen molar-refractivity contribution in [3.8, 4) is 0 Å². The van der Waals surface area contributed by atoms with Crippen LogP contribution in [0, 0.1) is 5.82 Å². The van der Waals surface area contributed by atoms with Crippen LogP contribution in [0.1, 0.15) is 12.0 Å². The molecule has 0 aromatic heterocycles. The van der Waals surface area contributed by atoms with Gasteiger partial charge in [-0.2, -0.15) is 11.8 Å². The van der Waals surface area contributed by atoms with E-state index < -0.39 is 10.0 Å². The number of amides is 1. The predicted molar refractivity (Wildman–Crippen MR) is 101 cm³/mol. The lowest BCUT2D eigenvalue weighted by Gasteiger charge is -2.07. The van der Waals surface area contributed by atoms with Crippen LogP contribution in [-0.4, -0.2) is 20.1 Å². The third-order valence-electron chi connectivity index (χ3n) is 3.21. The summed E-state index contributed by atoms with van der Waals surface area (Å²) >= 11 is 4.66. The van der Waals surface area contributed by atoms with Gasteiger partial charge in [-0.1, -0.05) is 22.0 Å². The van der Waals surface area contributed by atoms with Gasteiger partial charge in [0.05, 0.1) is 4.90 Å². The molecule has 3 N–H and O–H groups in total. The van der Waals surface area contributed by atoms with Crippen molar-refractivity contribution in [2.24, 2.45) is 5.14 Å². The second-order valence-corrected chi connectivity index (χ2v) is 8.74. The molecule has 0 saturated carbocycles. The molecule has 0 saturated heterocycles. The summed E-state index contributed by atoms with van der Waals surface area (Å²) in [6.45, 7) is 0. The highest BCUT2D eigenvalue weighted by atomic mass is 79.9. The molecule has 0 spiro atoms. The van der Waals surface area contributed by atoms with Gasteiger partial charge < -0.3 is 5.32 Å². The number of halogens is 2. The first kappa shape index (κ1) is 19.9. The quantitative estimate of drug-likeness (QED) is 0.636. The highest BCUT2D eigenvalue weighted by molar-refractivity contribution is 9.10. The molecule has 0 fully saturated rings. The maximum Gasteiger partial charge on any atom is 0.238 e. The molecular weight excluding hydrogens is 431 g/mol. The average Bonchev–Trinajstić information content (AvgIpc) is 2.53. The lowest BCUT2D eigenvalue weighted by atomic mass is 10.2. The van der Waals surface area contributed by atoms with Gasteiger partial charge in [0.1, 0.15) is 5.82 Å². The Morgan fingerprint density at radius 1 is 1.20 bits per heavy atom. The van der Waals surface area contributed by atoms with E-state index in [2.05, 4.69) is 21.2 Å². The second-order valence-electron chi connectivity index (χ2n) is 5.16. The van der Waals surface area contributed by atoms with Gasteiger partial charge in [0.2, 0.25) is 15.9 Å². The third kappa shape index (κ3) is 6.43. The smallest absolute Gasteiger partial charge is 0.238 e. The minimum Gasteiger partial charge on any atom is -0.326 e. The minimum atomic E-state index is -3.75. The second kappa shape index (κ2) is 8.79. The molecule has 0 radical (unpaired) electrons. The molecule has 1 amide bonds. The number of thioether (sulfide) groups is 1. The van der Waals surface area contributed by atoms with Crippen LogP contribution < -0.4 is 10.5 Å². The molecule has 2 aromatic rings. The van der Waals surface area contributed by atoms with E-state index in [-0.39, 0.29) is 23.0 Å². The summed E-state index contributed by atoms with van der Waals surface area (Å²) in [4.78, 5) is 11.9. The summed E-state index contributed by atoms with van der Waals surface area (Å²) < 4.78 is 36.7.